The van der Waals surface area contributed by atoms with E-state index in [0.717, 1.165) is 12.1 Å². The molecule has 0 amide bonds. The van der Waals surface area contributed by atoms with Gasteiger partial charge in [-0.2, -0.15) is 5.26 Å². The van der Waals surface area contributed by atoms with E-state index in [1.165, 1.54) is 36.2 Å². The van der Waals surface area contributed by atoms with E-state index in [-0.39, 0.29) is 0 Å². The first-order valence-electron chi connectivity index (χ1n) is 9.04. The van der Waals surface area contributed by atoms with Crippen molar-refractivity contribution in [1.29, 1.82) is 5.26 Å². The summed E-state index contributed by atoms with van der Waals surface area (Å²) in [4.78, 5) is 2.59. The van der Waals surface area contributed by atoms with E-state index in [1.807, 2.05) is 12.1 Å². The summed E-state index contributed by atoms with van der Waals surface area (Å²) in [7, 11) is 0. The molecule has 0 N–H and O–H groups in total. The van der Waals surface area contributed by atoms with Gasteiger partial charge in [0.2, 0.25) is 0 Å². The van der Waals surface area contributed by atoms with E-state index in [4.69, 9.17) is 5.26 Å². The zero-order valence-electron chi connectivity index (χ0n) is 14.5. The lowest BCUT2D eigenvalue weighted by Crippen LogP contribution is -2.38. The monoisotopic (exact) mass is 316 g/mol. The van der Waals surface area contributed by atoms with Gasteiger partial charge >= 0.3 is 0 Å². The van der Waals surface area contributed by atoms with Crippen LogP contribution in [0.25, 0.3) is 0 Å². The molecular formula is C22H24N2. The molecule has 3 atom stereocenters. The number of hydrogen-bond donors (Lipinski definition) is 0. The van der Waals surface area contributed by atoms with E-state index in [9.17, 15) is 0 Å². The van der Waals surface area contributed by atoms with Gasteiger partial charge in [-0.1, -0.05) is 42.8 Å². The molecule has 24 heavy (non-hydrogen) atoms. The molecule has 1 heterocycles. The van der Waals surface area contributed by atoms with Gasteiger partial charge in [0.25, 0.3) is 0 Å². The third-order valence-corrected chi connectivity index (χ3v) is 6.00. The van der Waals surface area contributed by atoms with E-state index in [2.05, 4.69) is 55.1 Å². The molecule has 0 spiro atoms. The lowest BCUT2D eigenvalue weighted by atomic mass is 9.78. The number of fused-ring (bicyclic) bond motifs is 3. The number of benzene rings is 2. The summed E-state index contributed by atoms with van der Waals surface area (Å²) in [5, 5.41) is 9.08. The maximum Gasteiger partial charge on any atom is 0.0991 e. The SMILES string of the molecule is CCN1CC[C@H]2[C@H](c3ccc(C#N)cc3)c3cc(C)ccc3[C@H]2C1. The van der Waals surface area contributed by atoms with Crippen molar-refractivity contribution < 1.29 is 0 Å². The van der Waals surface area contributed by atoms with Gasteiger partial charge < -0.3 is 4.90 Å². The fourth-order valence-electron chi connectivity index (χ4n) is 4.78. The first kappa shape index (κ1) is 15.4. The Balaban J connectivity index is 1.78. The van der Waals surface area contributed by atoms with Gasteiger partial charge in [-0.15, -0.1) is 0 Å². The number of hydrogen-bond acceptors (Lipinski definition) is 2. The standard InChI is InChI=1S/C22H24N2/c1-3-24-11-10-19-21(14-24)18-9-4-15(2)12-20(18)22(19)17-7-5-16(13-23)6-8-17/h4-9,12,19,21-22H,3,10-11,14H2,1-2H3/t19-,21-,22+/m1/s1. The first-order valence-corrected chi connectivity index (χ1v) is 9.04. The smallest absolute Gasteiger partial charge is 0.0991 e. The molecule has 0 radical (unpaired) electrons. The molecule has 0 aromatic heterocycles. The van der Waals surface area contributed by atoms with Crippen LogP contribution in [0.2, 0.25) is 0 Å². The quantitative estimate of drug-likeness (QED) is 0.819. The van der Waals surface area contributed by atoms with E-state index < -0.39 is 0 Å². The highest BCUT2D eigenvalue weighted by atomic mass is 15.1. The number of piperidine rings is 1. The van der Waals surface area contributed by atoms with Crippen LogP contribution in [0.3, 0.4) is 0 Å². The number of nitrogens with zero attached hydrogens (tertiary/aromatic N) is 2. The highest BCUT2D eigenvalue weighted by molar-refractivity contribution is 5.49. The van der Waals surface area contributed by atoms with E-state index in [0.29, 0.717) is 17.8 Å². The first-order chi connectivity index (χ1) is 11.7. The van der Waals surface area contributed by atoms with Crippen LogP contribution >= 0.6 is 0 Å². The Morgan fingerprint density at radius 3 is 2.62 bits per heavy atom. The number of likely N-dealkylation sites (tertiary alicyclic amines) is 1. The highest BCUT2D eigenvalue weighted by Gasteiger charge is 2.43. The molecule has 2 aromatic carbocycles. The molecule has 0 saturated carbocycles. The van der Waals surface area contributed by atoms with Crippen LogP contribution in [-0.2, 0) is 0 Å². The minimum Gasteiger partial charge on any atom is -0.303 e. The van der Waals surface area contributed by atoms with Crippen molar-refractivity contribution in [1.82, 2.24) is 4.90 Å². The Hall–Kier alpha value is -2.11. The largest absolute Gasteiger partial charge is 0.303 e. The lowest BCUT2D eigenvalue weighted by molar-refractivity contribution is 0.167. The number of nitriles is 1. The Morgan fingerprint density at radius 1 is 1.12 bits per heavy atom. The summed E-state index contributed by atoms with van der Waals surface area (Å²) in [6.45, 7) is 7.99. The van der Waals surface area contributed by atoms with Crippen molar-refractivity contribution in [2.75, 3.05) is 19.6 Å². The Labute approximate surface area is 144 Å². The Bertz CT molecular complexity index is 785. The molecule has 1 aliphatic heterocycles. The average Bonchev–Trinajstić information content (AvgIpc) is 2.94. The molecule has 1 saturated heterocycles. The van der Waals surface area contributed by atoms with Gasteiger partial charge in [-0.25, -0.2) is 0 Å². The summed E-state index contributed by atoms with van der Waals surface area (Å²) in [5.74, 6) is 1.82. The van der Waals surface area contributed by atoms with Crippen LogP contribution in [0.5, 0.6) is 0 Å². The molecule has 0 bridgehead atoms. The predicted molar refractivity (Wildman–Crippen MR) is 97.1 cm³/mol. The summed E-state index contributed by atoms with van der Waals surface area (Å²) in [6.07, 6.45) is 1.26. The molecule has 0 unspecified atom stereocenters. The second-order valence-electron chi connectivity index (χ2n) is 7.30. The number of rotatable bonds is 2. The number of likely N-dealkylation sites (N-methyl/N-ethyl adjacent to an activating group) is 1. The van der Waals surface area contributed by atoms with Gasteiger partial charge in [-0.3, -0.25) is 0 Å². The van der Waals surface area contributed by atoms with Crippen molar-refractivity contribution in [3.8, 4) is 6.07 Å². The molecule has 1 aliphatic carbocycles. The summed E-state index contributed by atoms with van der Waals surface area (Å²) < 4.78 is 0. The molecule has 122 valence electrons. The molecule has 2 nitrogen and oxygen atoms in total. The Morgan fingerprint density at radius 2 is 1.92 bits per heavy atom. The fourth-order valence-corrected chi connectivity index (χ4v) is 4.78. The van der Waals surface area contributed by atoms with Gasteiger partial charge in [0.05, 0.1) is 11.6 Å². The van der Waals surface area contributed by atoms with Crippen molar-refractivity contribution in [2.45, 2.75) is 32.1 Å². The van der Waals surface area contributed by atoms with Gasteiger partial charge in [-0.05, 0) is 61.2 Å². The number of aryl methyl sites for hydroxylation is 1. The molecule has 2 aromatic rings. The maximum absolute atomic E-state index is 9.08. The third kappa shape index (κ3) is 2.44. The van der Waals surface area contributed by atoms with Crippen LogP contribution in [0.4, 0.5) is 0 Å². The summed E-state index contributed by atoms with van der Waals surface area (Å²) in [5.41, 5.74) is 6.54. The molecule has 1 fully saturated rings. The van der Waals surface area contributed by atoms with Crippen LogP contribution in [-0.4, -0.2) is 24.5 Å². The average molecular weight is 316 g/mol. The van der Waals surface area contributed by atoms with Gasteiger partial charge in [0.1, 0.15) is 0 Å². The second kappa shape index (κ2) is 6.07. The fraction of sp³-hybridized carbons (Fsp3) is 0.409. The van der Waals surface area contributed by atoms with Gasteiger partial charge in [0, 0.05) is 18.4 Å². The minimum atomic E-state index is 0.483. The molecule has 4 rings (SSSR count). The second-order valence-corrected chi connectivity index (χ2v) is 7.30. The molecule has 2 heteroatoms. The minimum absolute atomic E-state index is 0.483. The summed E-state index contributed by atoms with van der Waals surface area (Å²) >= 11 is 0. The van der Waals surface area contributed by atoms with Crippen LogP contribution in [0, 0.1) is 24.2 Å². The summed E-state index contributed by atoms with van der Waals surface area (Å²) in [6, 6.07) is 17.5. The lowest BCUT2D eigenvalue weighted by Gasteiger charge is -2.37. The Kier molecular flexibility index (Phi) is 3.90. The van der Waals surface area contributed by atoms with Crippen molar-refractivity contribution >= 4 is 0 Å². The third-order valence-electron chi connectivity index (χ3n) is 6.00. The molecule has 2 aliphatic rings. The highest BCUT2D eigenvalue weighted by Crippen LogP contribution is 2.53. The topological polar surface area (TPSA) is 27.0 Å². The molecular weight excluding hydrogens is 292 g/mol. The van der Waals surface area contributed by atoms with E-state index >= 15 is 0 Å². The van der Waals surface area contributed by atoms with Crippen LogP contribution < -0.4 is 0 Å². The van der Waals surface area contributed by atoms with Crippen molar-refractivity contribution in [3.05, 3.63) is 70.3 Å². The predicted octanol–water partition coefficient (Wildman–Crippen LogP) is 4.44. The van der Waals surface area contributed by atoms with Crippen LogP contribution in [0.15, 0.2) is 42.5 Å². The zero-order chi connectivity index (χ0) is 16.7. The normalized spacial score (nSPS) is 25.8. The van der Waals surface area contributed by atoms with Crippen molar-refractivity contribution in [3.63, 3.8) is 0 Å². The van der Waals surface area contributed by atoms with Gasteiger partial charge in [0.15, 0.2) is 0 Å². The maximum atomic E-state index is 9.08. The van der Waals surface area contributed by atoms with Crippen molar-refractivity contribution in [2.24, 2.45) is 5.92 Å². The van der Waals surface area contributed by atoms with Crippen LogP contribution in [0.1, 0.15) is 53.0 Å². The zero-order valence-corrected chi connectivity index (χ0v) is 14.5. The van der Waals surface area contributed by atoms with E-state index in [1.54, 1.807) is 5.56 Å².